The Balaban J connectivity index is 1.07. The van der Waals surface area contributed by atoms with Gasteiger partial charge in [0.2, 0.25) is 0 Å². The molecule has 0 radical (unpaired) electrons. The molecule has 0 N–H and O–H groups in total. The van der Waals surface area contributed by atoms with E-state index in [-0.39, 0.29) is 0 Å². The SMILES string of the molecule is Cc1cc(C)cc(-c2ccc3c(c2)c2cc(-c4cc(C)cc(C)c4)ccc2n3-c2c(-c3ccccc3-n3c4ccccc4c4ccccc43)cc(-c3cc(-c4ccccc4)nc(-c4ccccc4)n3)cc2-c2ccccc2-n2c3ccccc3c3ccccc32)c1. The van der Waals surface area contributed by atoms with Gasteiger partial charge in [-0.05, 0) is 129 Å². The van der Waals surface area contributed by atoms with Crippen molar-refractivity contribution in [3.05, 3.63) is 320 Å². The first-order valence-electron chi connectivity index (χ1n) is 31.4. The number of para-hydroxylation sites is 6. The van der Waals surface area contributed by atoms with E-state index in [1.807, 2.05) is 0 Å². The maximum absolute atomic E-state index is 5.64. The second-order valence-electron chi connectivity index (χ2n) is 24.4. The summed E-state index contributed by atoms with van der Waals surface area (Å²) >= 11 is 0. The summed E-state index contributed by atoms with van der Waals surface area (Å²) in [5.41, 5.74) is 28.4. The van der Waals surface area contributed by atoms with Crippen molar-refractivity contribution in [3.63, 3.8) is 0 Å². The molecule has 0 saturated heterocycles. The highest BCUT2D eigenvalue weighted by molar-refractivity contribution is 6.15. The molecule has 5 heteroatoms. The van der Waals surface area contributed by atoms with Crippen LogP contribution in [0.1, 0.15) is 22.3 Å². The Labute approximate surface area is 528 Å². The van der Waals surface area contributed by atoms with Gasteiger partial charge >= 0.3 is 0 Å². The third kappa shape index (κ3) is 9.07. The number of hydrogen-bond acceptors (Lipinski definition) is 2. The monoisotopic (exact) mass is 1160 g/mol. The summed E-state index contributed by atoms with van der Waals surface area (Å²) in [6.07, 6.45) is 0. The first-order chi connectivity index (χ1) is 44.8. The van der Waals surface area contributed by atoms with Crippen LogP contribution in [-0.2, 0) is 0 Å². The Hall–Kier alpha value is -11.7. The van der Waals surface area contributed by atoms with E-state index >= 15 is 0 Å². The van der Waals surface area contributed by atoms with E-state index < -0.39 is 0 Å². The van der Waals surface area contributed by atoms with E-state index in [1.165, 1.54) is 76.8 Å². The third-order valence-electron chi connectivity index (χ3n) is 18.4. The summed E-state index contributed by atoms with van der Waals surface area (Å²) in [5, 5.41) is 7.14. The molecule has 0 bridgehead atoms. The molecule has 91 heavy (non-hydrogen) atoms. The van der Waals surface area contributed by atoms with E-state index in [0.29, 0.717) is 5.82 Å². The van der Waals surface area contributed by atoms with Crippen molar-refractivity contribution in [2.24, 2.45) is 0 Å². The maximum atomic E-state index is 5.64. The molecule has 17 rings (SSSR count). The maximum Gasteiger partial charge on any atom is 0.160 e. The highest BCUT2D eigenvalue weighted by Crippen LogP contribution is 2.49. The third-order valence-corrected chi connectivity index (χ3v) is 18.4. The normalized spacial score (nSPS) is 11.7. The molecule has 0 amide bonds. The molecule has 4 heterocycles. The number of benzene rings is 13. The van der Waals surface area contributed by atoms with Gasteiger partial charge in [0.1, 0.15) is 0 Å². The number of fused-ring (bicyclic) bond motifs is 9. The second kappa shape index (κ2) is 21.6. The predicted octanol–water partition coefficient (Wildman–Crippen LogP) is 22.7. The van der Waals surface area contributed by atoms with Crippen LogP contribution in [0, 0.1) is 27.7 Å². The summed E-state index contributed by atoms with van der Waals surface area (Å²) in [4.78, 5) is 11.0. The van der Waals surface area contributed by atoms with Gasteiger partial charge in [0.25, 0.3) is 0 Å². The van der Waals surface area contributed by atoms with Crippen molar-refractivity contribution < 1.29 is 0 Å². The van der Waals surface area contributed by atoms with Crippen LogP contribution >= 0.6 is 0 Å². The van der Waals surface area contributed by atoms with Crippen LogP contribution in [-0.4, -0.2) is 23.7 Å². The van der Waals surface area contributed by atoms with Crippen molar-refractivity contribution >= 4 is 65.4 Å². The highest BCUT2D eigenvalue weighted by atomic mass is 15.0. The van der Waals surface area contributed by atoms with Crippen LogP contribution in [0.3, 0.4) is 0 Å². The molecule has 0 aliphatic carbocycles. The molecule has 0 aliphatic rings. The first-order valence-corrected chi connectivity index (χ1v) is 31.4. The molecule has 0 aliphatic heterocycles. The average molecular weight is 1160 g/mol. The van der Waals surface area contributed by atoms with Crippen LogP contribution < -0.4 is 0 Å². The molecule has 4 aromatic heterocycles. The lowest BCUT2D eigenvalue weighted by Crippen LogP contribution is -2.06. The quantitative estimate of drug-likeness (QED) is 0.137. The Morgan fingerprint density at radius 3 is 1.00 bits per heavy atom. The summed E-state index contributed by atoms with van der Waals surface area (Å²) in [5.74, 6) is 0.655. The van der Waals surface area contributed by atoms with Crippen LogP contribution in [0.5, 0.6) is 0 Å². The number of hydrogen-bond donors (Lipinski definition) is 0. The topological polar surface area (TPSA) is 40.6 Å². The Bertz CT molecular complexity index is 5270. The second-order valence-corrected chi connectivity index (χ2v) is 24.4. The first kappa shape index (κ1) is 53.6. The summed E-state index contributed by atoms with van der Waals surface area (Å²) in [6.45, 7) is 8.80. The van der Waals surface area contributed by atoms with E-state index in [2.05, 4.69) is 339 Å². The lowest BCUT2D eigenvalue weighted by Gasteiger charge is -2.24. The molecule has 17 aromatic rings. The van der Waals surface area contributed by atoms with Crippen molar-refractivity contribution in [2.45, 2.75) is 27.7 Å². The van der Waals surface area contributed by atoms with E-state index in [0.717, 1.165) is 100 Å². The molecule has 0 spiro atoms. The zero-order chi connectivity index (χ0) is 60.8. The van der Waals surface area contributed by atoms with E-state index in [1.54, 1.807) is 0 Å². The lowest BCUT2D eigenvalue weighted by atomic mass is 9.90. The molecular formula is C86H61N5. The zero-order valence-corrected chi connectivity index (χ0v) is 51.0. The van der Waals surface area contributed by atoms with Crippen molar-refractivity contribution in [2.75, 3.05) is 0 Å². The highest BCUT2D eigenvalue weighted by Gasteiger charge is 2.28. The molecule has 0 fully saturated rings. The van der Waals surface area contributed by atoms with Crippen LogP contribution in [0.15, 0.2) is 297 Å². The molecular weight excluding hydrogens is 1100 g/mol. The number of rotatable bonds is 10. The fourth-order valence-corrected chi connectivity index (χ4v) is 14.6. The fourth-order valence-electron chi connectivity index (χ4n) is 14.6. The Morgan fingerprint density at radius 2 is 0.571 bits per heavy atom. The van der Waals surface area contributed by atoms with E-state index in [9.17, 15) is 0 Å². The molecule has 13 aromatic carbocycles. The van der Waals surface area contributed by atoms with Gasteiger partial charge in [-0.15, -0.1) is 0 Å². The molecule has 0 unspecified atom stereocenters. The Morgan fingerprint density at radius 1 is 0.220 bits per heavy atom. The fraction of sp³-hybridized carbons (Fsp3) is 0.0465. The summed E-state index contributed by atoms with van der Waals surface area (Å²) < 4.78 is 7.55. The largest absolute Gasteiger partial charge is 0.309 e. The average Bonchev–Trinajstić information content (AvgIpc) is 1.70. The van der Waals surface area contributed by atoms with Gasteiger partial charge in [0, 0.05) is 71.3 Å². The minimum absolute atomic E-state index is 0.655. The van der Waals surface area contributed by atoms with Gasteiger partial charge in [0.15, 0.2) is 5.82 Å². The molecule has 430 valence electrons. The van der Waals surface area contributed by atoms with Crippen LogP contribution in [0.2, 0.25) is 0 Å². The molecule has 0 atom stereocenters. The Kier molecular flexibility index (Phi) is 12.7. The minimum Gasteiger partial charge on any atom is -0.309 e. The number of aromatic nitrogens is 5. The standard InChI is InChI=1S/C86H61N5/c1-54-43-55(2)46-62(45-54)60-39-41-83-71(49-60)72-50-61(63-47-56(3)44-57(4)48-63)40-42-84(72)91(83)85-73(69-31-15-21-37-81(69)89-77-33-17-11-27-65(77)66-28-12-18-34-78(66)89)51-64(76-53-75(58-23-7-5-8-24-58)87-86(88-76)59-25-9-6-10-26-59)52-74(85)70-32-16-22-38-82(70)90-79-35-19-13-29-67(79)68-30-14-20-36-80(68)90/h5-53H,1-4H3. The molecule has 0 saturated carbocycles. The van der Waals surface area contributed by atoms with Crippen LogP contribution in [0.4, 0.5) is 0 Å². The van der Waals surface area contributed by atoms with Gasteiger partial charge < -0.3 is 13.7 Å². The van der Waals surface area contributed by atoms with Crippen molar-refractivity contribution in [1.29, 1.82) is 0 Å². The van der Waals surface area contributed by atoms with Gasteiger partial charge in [-0.3, -0.25) is 0 Å². The van der Waals surface area contributed by atoms with Crippen LogP contribution in [0.25, 0.3) is 161 Å². The zero-order valence-electron chi connectivity index (χ0n) is 51.0. The van der Waals surface area contributed by atoms with Gasteiger partial charge in [-0.1, -0.05) is 241 Å². The molecule has 5 nitrogen and oxygen atoms in total. The van der Waals surface area contributed by atoms with Gasteiger partial charge in [-0.25, -0.2) is 9.97 Å². The smallest absolute Gasteiger partial charge is 0.160 e. The lowest BCUT2D eigenvalue weighted by molar-refractivity contribution is 1.15. The number of nitrogens with zero attached hydrogens (tertiary/aromatic N) is 5. The van der Waals surface area contributed by atoms with Gasteiger partial charge in [-0.2, -0.15) is 0 Å². The van der Waals surface area contributed by atoms with Crippen molar-refractivity contribution in [1.82, 2.24) is 23.7 Å². The number of aryl methyl sites for hydroxylation is 4. The van der Waals surface area contributed by atoms with E-state index in [4.69, 9.17) is 9.97 Å². The predicted molar refractivity (Wildman–Crippen MR) is 382 cm³/mol. The minimum atomic E-state index is 0.655. The summed E-state index contributed by atoms with van der Waals surface area (Å²) in [7, 11) is 0. The van der Waals surface area contributed by atoms with Crippen molar-refractivity contribution in [3.8, 4) is 95.5 Å². The van der Waals surface area contributed by atoms with Gasteiger partial charge in [0.05, 0.1) is 61.6 Å². The summed E-state index contributed by atoms with van der Waals surface area (Å²) in [6, 6.07) is 109.